The number of benzene rings is 2. The van der Waals surface area contributed by atoms with Crippen LogP contribution in [0, 0.1) is 5.92 Å². The van der Waals surface area contributed by atoms with Crippen molar-refractivity contribution < 1.29 is 17.4 Å². The molecular formula is C20H24Cl2N2O4S. The Morgan fingerprint density at radius 2 is 1.90 bits per heavy atom. The summed E-state index contributed by atoms with van der Waals surface area (Å²) in [5.74, 6) is 0.317. The van der Waals surface area contributed by atoms with Crippen LogP contribution in [0.15, 0.2) is 42.5 Å². The number of hydrogen-bond acceptors (Lipinski definition) is 4. The van der Waals surface area contributed by atoms with Gasteiger partial charge in [-0.1, -0.05) is 49.2 Å². The Balaban J connectivity index is 2.19. The fourth-order valence-corrected chi connectivity index (χ4v) is 3.54. The minimum atomic E-state index is -3.62. The summed E-state index contributed by atoms with van der Waals surface area (Å²) < 4.78 is 28.5. The Morgan fingerprint density at radius 1 is 1.17 bits per heavy atom. The molecule has 6 nitrogen and oxygen atoms in total. The van der Waals surface area contributed by atoms with Gasteiger partial charge in [0, 0.05) is 18.1 Å². The number of nitrogens with one attached hydrogen (secondary N) is 1. The zero-order chi connectivity index (χ0) is 21.6. The third kappa shape index (κ3) is 7.42. The predicted octanol–water partition coefficient (Wildman–Crippen LogP) is 5.41. The second-order valence-corrected chi connectivity index (χ2v) is 9.61. The molecule has 0 saturated carbocycles. The summed E-state index contributed by atoms with van der Waals surface area (Å²) in [5.41, 5.74) is 1.20. The first-order valence-electron chi connectivity index (χ1n) is 9.11. The Kier molecular flexibility index (Phi) is 8.19. The number of carbonyl (C=O) groups excluding carboxylic acids is 1. The minimum Gasteiger partial charge on any atom is -0.382 e. The molecule has 0 aromatic heterocycles. The SMILES string of the molecule is CCS(=O)(=O)Oc1cccc(CN(CC(C)C)C(=O)Nc2ccc(Cl)cc2Cl)c1. The fourth-order valence-electron chi connectivity index (χ4n) is 2.57. The monoisotopic (exact) mass is 458 g/mol. The Hall–Kier alpha value is -1.96. The average Bonchev–Trinajstić information content (AvgIpc) is 2.63. The molecule has 0 aliphatic rings. The van der Waals surface area contributed by atoms with E-state index < -0.39 is 10.1 Å². The lowest BCUT2D eigenvalue weighted by Crippen LogP contribution is -2.37. The van der Waals surface area contributed by atoms with Crippen molar-refractivity contribution in [2.24, 2.45) is 5.92 Å². The molecule has 0 heterocycles. The molecule has 0 saturated heterocycles. The van der Waals surface area contributed by atoms with Crippen LogP contribution in [0.4, 0.5) is 10.5 Å². The highest BCUT2D eigenvalue weighted by atomic mass is 35.5. The van der Waals surface area contributed by atoms with Crippen molar-refractivity contribution in [1.82, 2.24) is 4.90 Å². The van der Waals surface area contributed by atoms with E-state index in [9.17, 15) is 13.2 Å². The second-order valence-electron chi connectivity index (χ2n) is 6.91. The molecule has 0 aliphatic carbocycles. The average molecular weight is 459 g/mol. The smallest absolute Gasteiger partial charge is 0.322 e. The largest absolute Gasteiger partial charge is 0.382 e. The normalized spacial score (nSPS) is 11.4. The maximum Gasteiger partial charge on any atom is 0.322 e. The van der Waals surface area contributed by atoms with E-state index in [1.807, 2.05) is 13.8 Å². The summed E-state index contributed by atoms with van der Waals surface area (Å²) in [6.45, 7) is 6.29. The quantitative estimate of drug-likeness (QED) is 0.536. The van der Waals surface area contributed by atoms with Gasteiger partial charge in [0.2, 0.25) is 0 Å². The molecule has 2 aromatic rings. The molecule has 0 fully saturated rings. The van der Waals surface area contributed by atoms with E-state index in [1.165, 1.54) is 6.92 Å². The first-order chi connectivity index (χ1) is 13.6. The van der Waals surface area contributed by atoms with Crippen LogP contribution in [0.2, 0.25) is 10.0 Å². The molecule has 0 spiro atoms. The molecule has 2 amide bonds. The zero-order valence-corrected chi connectivity index (χ0v) is 18.8. The first kappa shape index (κ1) is 23.3. The molecule has 9 heteroatoms. The van der Waals surface area contributed by atoms with Gasteiger partial charge in [0.1, 0.15) is 5.75 Å². The number of anilines is 1. The van der Waals surface area contributed by atoms with Crippen molar-refractivity contribution >= 4 is 45.0 Å². The lowest BCUT2D eigenvalue weighted by Gasteiger charge is -2.25. The summed E-state index contributed by atoms with van der Waals surface area (Å²) in [6.07, 6.45) is 0. The van der Waals surface area contributed by atoms with Gasteiger partial charge in [-0.3, -0.25) is 0 Å². The van der Waals surface area contributed by atoms with Crippen LogP contribution < -0.4 is 9.50 Å². The molecule has 158 valence electrons. The predicted molar refractivity (Wildman–Crippen MR) is 117 cm³/mol. The van der Waals surface area contributed by atoms with Gasteiger partial charge in [-0.25, -0.2) is 4.79 Å². The van der Waals surface area contributed by atoms with Crippen molar-refractivity contribution in [3.05, 3.63) is 58.1 Å². The second kappa shape index (κ2) is 10.2. The van der Waals surface area contributed by atoms with Crippen molar-refractivity contribution in [1.29, 1.82) is 0 Å². The number of carbonyl (C=O) groups is 1. The Bertz CT molecular complexity index is 965. The molecule has 2 aromatic carbocycles. The maximum atomic E-state index is 12.8. The van der Waals surface area contributed by atoms with Gasteiger partial charge < -0.3 is 14.4 Å². The first-order valence-corrected chi connectivity index (χ1v) is 11.4. The van der Waals surface area contributed by atoms with Crippen molar-refractivity contribution in [2.75, 3.05) is 17.6 Å². The van der Waals surface area contributed by atoms with Gasteiger partial charge in [-0.15, -0.1) is 0 Å². The van der Waals surface area contributed by atoms with E-state index in [4.69, 9.17) is 27.4 Å². The number of rotatable bonds is 8. The highest BCUT2D eigenvalue weighted by Crippen LogP contribution is 2.26. The van der Waals surface area contributed by atoms with Crippen LogP contribution in [0.5, 0.6) is 5.75 Å². The molecule has 0 bridgehead atoms. The number of halogens is 2. The van der Waals surface area contributed by atoms with Gasteiger partial charge in [-0.2, -0.15) is 8.42 Å². The van der Waals surface area contributed by atoms with Crippen LogP contribution in [0.1, 0.15) is 26.3 Å². The van der Waals surface area contributed by atoms with Gasteiger partial charge in [-0.05, 0) is 48.7 Å². The number of amides is 2. The van der Waals surface area contributed by atoms with Crippen LogP contribution in [0.3, 0.4) is 0 Å². The van der Waals surface area contributed by atoms with Crippen LogP contribution in [-0.2, 0) is 16.7 Å². The summed E-state index contributed by atoms with van der Waals surface area (Å²) in [6, 6.07) is 11.2. The lowest BCUT2D eigenvalue weighted by molar-refractivity contribution is 0.201. The summed E-state index contributed by atoms with van der Waals surface area (Å²) in [4.78, 5) is 14.5. The molecule has 29 heavy (non-hydrogen) atoms. The van der Waals surface area contributed by atoms with Gasteiger partial charge in [0.25, 0.3) is 0 Å². The molecular weight excluding hydrogens is 435 g/mol. The highest BCUT2D eigenvalue weighted by Gasteiger charge is 2.18. The van der Waals surface area contributed by atoms with Crippen molar-refractivity contribution in [2.45, 2.75) is 27.3 Å². The van der Waals surface area contributed by atoms with Crippen LogP contribution >= 0.6 is 23.2 Å². The number of hydrogen-bond donors (Lipinski definition) is 1. The molecule has 0 aliphatic heterocycles. The van der Waals surface area contributed by atoms with E-state index >= 15 is 0 Å². The minimum absolute atomic E-state index is 0.124. The third-order valence-electron chi connectivity index (χ3n) is 3.89. The van der Waals surface area contributed by atoms with E-state index in [-0.39, 0.29) is 30.0 Å². The Labute approximate surface area is 181 Å². The standard InChI is InChI=1S/C20H24Cl2N2O4S/c1-4-29(26,27)28-17-7-5-6-15(10-17)13-24(12-14(2)3)20(25)23-19-9-8-16(21)11-18(19)22/h5-11,14H,4,12-13H2,1-3H3,(H,23,25). The molecule has 0 atom stereocenters. The van der Waals surface area contributed by atoms with E-state index in [1.54, 1.807) is 47.4 Å². The van der Waals surface area contributed by atoms with E-state index in [0.717, 1.165) is 5.56 Å². The van der Waals surface area contributed by atoms with E-state index in [0.29, 0.717) is 22.3 Å². The molecule has 2 rings (SSSR count). The van der Waals surface area contributed by atoms with Gasteiger partial charge >= 0.3 is 16.1 Å². The number of urea groups is 1. The van der Waals surface area contributed by atoms with Crippen molar-refractivity contribution in [3.63, 3.8) is 0 Å². The molecule has 1 N–H and O–H groups in total. The zero-order valence-electron chi connectivity index (χ0n) is 16.5. The fraction of sp³-hybridized carbons (Fsp3) is 0.350. The topological polar surface area (TPSA) is 75.7 Å². The maximum absolute atomic E-state index is 12.8. The summed E-state index contributed by atoms with van der Waals surface area (Å²) in [7, 11) is -3.62. The molecule has 0 radical (unpaired) electrons. The third-order valence-corrected chi connectivity index (χ3v) is 5.60. The van der Waals surface area contributed by atoms with Crippen molar-refractivity contribution in [3.8, 4) is 5.75 Å². The molecule has 0 unspecified atom stereocenters. The number of nitrogens with zero attached hydrogens (tertiary/aromatic N) is 1. The lowest BCUT2D eigenvalue weighted by atomic mass is 10.1. The van der Waals surface area contributed by atoms with Crippen LogP contribution in [0.25, 0.3) is 0 Å². The van der Waals surface area contributed by atoms with Crippen LogP contribution in [-0.4, -0.2) is 31.6 Å². The van der Waals surface area contributed by atoms with Gasteiger partial charge in [0.05, 0.1) is 16.5 Å². The summed E-state index contributed by atoms with van der Waals surface area (Å²) in [5, 5.41) is 3.62. The van der Waals surface area contributed by atoms with Gasteiger partial charge in [0.15, 0.2) is 0 Å². The summed E-state index contributed by atoms with van der Waals surface area (Å²) >= 11 is 12.1. The Morgan fingerprint density at radius 3 is 2.52 bits per heavy atom. The highest BCUT2D eigenvalue weighted by molar-refractivity contribution is 7.87. The van der Waals surface area contributed by atoms with E-state index in [2.05, 4.69) is 5.32 Å².